The van der Waals surface area contributed by atoms with Gasteiger partial charge in [0.25, 0.3) is 0 Å². The lowest BCUT2D eigenvalue weighted by atomic mass is 9.91. The molecule has 0 saturated carbocycles. The van der Waals surface area contributed by atoms with Gasteiger partial charge in [0.15, 0.2) is 15.8 Å². The number of hydrogen-bond acceptors (Lipinski definition) is 3. The van der Waals surface area contributed by atoms with Crippen LogP contribution in [0.15, 0.2) is 65.7 Å². The minimum Gasteiger partial charge on any atom is -0.356 e. The number of nitrogens with zero attached hydrogens (tertiary/aromatic N) is 1. The standard InChI is InChI=1S/C21H27N3O2S/c1-22-21(23-14-17-12-13-27(25,26)16-17)24-15-20(18-8-4-2-5-9-18)19-10-6-3-7-11-19/h2-11,17,20H,12-16H2,1H3,(H2,22,23,24). The average Bonchev–Trinajstić information content (AvgIpc) is 3.05. The third-order valence-corrected chi connectivity index (χ3v) is 6.82. The first-order chi connectivity index (χ1) is 13.1. The quantitative estimate of drug-likeness (QED) is 0.592. The number of aliphatic imine (C=N–C) groups is 1. The summed E-state index contributed by atoms with van der Waals surface area (Å²) in [6, 6.07) is 20.8. The zero-order valence-electron chi connectivity index (χ0n) is 15.6. The highest BCUT2D eigenvalue weighted by Crippen LogP contribution is 2.23. The molecule has 0 amide bonds. The summed E-state index contributed by atoms with van der Waals surface area (Å²) in [5, 5.41) is 6.68. The molecule has 1 unspecified atom stereocenters. The fraction of sp³-hybridized carbons (Fsp3) is 0.381. The van der Waals surface area contributed by atoms with Crippen LogP contribution in [0.4, 0.5) is 0 Å². The Kier molecular flexibility index (Phi) is 6.50. The molecule has 1 aliphatic rings. The molecule has 1 atom stereocenters. The number of rotatable bonds is 6. The Morgan fingerprint density at radius 3 is 2.11 bits per heavy atom. The molecule has 3 rings (SSSR count). The molecule has 0 spiro atoms. The summed E-state index contributed by atoms with van der Waals surface area (Å²) in [7, 11) is -1.11. The van der Waals surface area contributed by atoms with E-state index in [1.165, 1.54) is 11.1 Å². The van der Waals surface area contributed by atoms with Crippen molar-refractivity contribution in [1.82, 2.24) is 10.6 Å². The van der Waals surface area contributed by atoms with Crippen molar-refractivity contribution in [2.24, 2.45) is 10.9 Å². The van der Waals surface area contributed by atoms with Crippen molar-refractivity contribution in [2.75, 3.05) is 31.6 Å². The molecule has 0 aromatic heterocycles. The van der Waals surface area contributed by atoms with Gasteiger partial charge in [-0.05, 0) is 23.5 Å². The Labute approximate surface area is 161 Å². The van der Waals surface area contributed by atoms with Crippen LogP contribution in [-0.4, -0.2) is 46.0 Å². The van der Waals surface area contributed by atoms with E-state index in [9.17, 15) is 8.42 Å². The summed E-state index contributed by atoms with van der Waals surface area (Å²) < 4.78 is 23.2. The highest BCUT2D eigenvalue weighted by Gasteiger charge is 2.27. The third-order valence-electron chi connectivity index (χ3n) is 4.99. The van der Waals surface area contributed by atoms with Gasteiger partial charge in [-0.3, -0.25) is 4.99 Å². The summed E-state index contributed by atoms with van der Waals surface area (Å²) in [5.41, 5.74) is 2.49. The minimum atomic E-state index is -2.85. The second kappa shape index (κ2) is 9.04. The summed E-state index contributed by atoms with van der Waals surface area (Å²) in [6.07, 6.45) is 0.725. The van der Waals surface area contributed by atoms with E-state index in [1.54, 1.807) is 7.05 Å². The summed E-state index contributed by atoms with van der Waals surface area (Å²) in [4.78, 5) is 4.29. The van der Waals surface area contributed by atoms with Gasteiger partial charge in [-0.25, -0.2) is 8.42 Å². The topological polar surface area (TPSA) is 70.6 Å². The maximum Gasteiger partial charge on any atom is 0.191 e. The highest BCUT2D eigenvalue weighted by atomic mass is 32.2. The van der Waals surface area contributed by atoms with Crippen LogP contribution in [0.3, 0.4) is 0 Å². The van der Waals surface area contributed by atoms with Crippen molar-refractivity contribution in [3.8, 4) is 0 Å². The van der Waals surface area contributed by atoms with E-state index in [2.05, 4.69) is 64.2 Å². The number of hydrogen-bond donors (Lipinski definition) is 2. The smallest absolute Gasteiger partial charge is 0.191 e. The lowest BCUT2D eigenvalue weighted by molar-refractivity contribution is 0.566. The molecular weight excluding hydrogens is 358 g/mol. The predicted octanol–water partition coefficient (Wildman–Crippen LogP) is 2.42. The maximum atomic E-state index is 11.6. The molecule has 1 heterocycles. The number of benzene rings is 2. The van der Waals surface area contributed by atoms with E-state index >= 15 is 0 Å². The zero-order valence-corrected chi connectivity index (χ0v) is 16.5. The molecule has 0 aliphatic carbocycles. The SMILES string of the molecule is CN=C(NCC1CCS(=O)(=O)C1)NCC(c1ccccc1)c1ccccc1. The molecule has 27 heavy (non-hydrogen) atoms. The third kappa shape index (κ3) is 5.57. The Morgan fingerprint density at radius 1 is 1.04 bits per heavy atom. The van der Waals surface area contributed by atoms with Crippen molar-refractivity contribution < 1.29 is 8.42 Å². The monoisotopic (exact) mass is 385 g/mol. The molecule has 2 aromatic carbocycles. The molecule has 5 nitrogen and oxygen atoms in total. The molecule has 144 valence electrons. The molecule has 2 aromatic rings. The number of guanidine groups is 1. The normalized spacial score (nSPS) is 19.2. The molecule has 0 bridgehead atoms. The van der Waals surface area contributed by atoms with Crippen LogP contribution in [0, 0.1) is 5.92 Å². The van der Waals surface area contributed by atoms with Gasteiger partial charge in [-0.2, -0.15) is 0 Å². The van der Waals surface area contributed by atoms with E-state index in [0.717, 1.165) is 6.42 Å². The second-order valence-electron chi connectivity index (χ2n) is 6.98. The van der Waals surface area contributed by atoms with Gasteiger partial charge < -0.3 is 10.6 Å². The summed E-state index contributed by atoms with van der Waals surface area (Å²) >= 11 is 0. The van der Waals surface area contributed by atoms with Gasteiger partial charge in [0.05, 0.1) is 11.5 Å². The van der Waals surface area contributed by atoms with Crippen LogP contribution in [0.1, 0.15) is 23.5 Å². The van der Waals surface area contributed by atoms with Crippen LogP contribution in [-0.2, 0) is 9.84 Å². The first-order valence-corrected chi connectivity index (χ1v) is 11.1. The van der Waals surface area contributed by atoms with Gasteiger partial charge in [-0.1, -0.05) is 60.7 Å². The lowest BCUT2D eigenvalue weighted by Gasteiger charge is -2.21. The molecule has 2 N–H and O–H groups in total. The highest BCUT2D eigenvalue weighted by molar-refractivity contribution is 7.91. The van der Waals surface area contributed by atoms with Crippen LogP contribution >= 0.6 is 0 Å². The molecular formula is C21H27N3O2S. The first kappa shape index (κ1) is 19.4. The van der Waals surface area contributed by atoms with E-state index in [4.69, 9.17) is 0 Å². The Bertz CT molecular complexity index is 812. The number of sulfone groups is 1. The molecule has 0 radical (unpaired) electrons. The first-order valence-electron chi connectivity index (χ1n) is 9.32. The fourth-order valence-corrected chi connectivity index (χ4v) is 5.35. The lowest BCUT2D eigenvalue weighted by Crippen LogP contribution is -2.41. The van der Waals surface area contributed by atoms with Crippen molar-refractivity contribution in [3.05, 3.63) is 71.8 Å². The van der Waals surface area contributed by atoms with Crippen molar-refractivity contribution in [1.29, 1.82) is 0 Å². The zero-order chi connectivity index (χ0) is 19.1. The van der Waals surface area contributed by atoms with Crippen LogP contribution < -0.4 is 10.6 Å². The van der Waals surface area contributed by atoms with Crippen molar-refractivity contribution >= 4 is 15.8 Å². The Balaban J connectivity index is 1.62. The van der Waals surface area contributed by atoms with Crippen LogP contribution in [0.2, 0.25) is 0 Å². The number of nitrogens with one attached hydrogen (secondary N) is 2. The second-order valence-corrected chi connectivity index (χ2v) is 9.21. The average molecular weight is 386 g/mol. The van der Waals surface area contributed by atoms with E-state index < -0.39 is 9.84 Å². The Hall–Kier alpha value is -2.34. The van der Waals surface area contributed by atoms with Crippen molar-refractivity contribution in [2.45, 2.75) is 12.3 Å². The van der Waals surface area contributed by atoms with E-state index in [-0.39, 0.29) is 17.6 Å². The van der Waals surface area contributed by atoms with Gasteiger partial charge in [0.2, 0.25) is 0 Å². The molecule has 1 saturated heterocycles. The van der Waals surface area contributed by atoms with E-state index in [1.807, 2.05) is 12.1 Å². The van der Waals surface area contributed by atoms with Crippen LogP contribution in [0.5, 0.6) is 0 Å². The summed E-state index contributed by atoms with van der Waals surface area (Å²) in [5.74, 6) is 1.64. The predicted molar refractivity (Wildman–Crippen MR) is 111 cm³/mol. The maximum absolute atomic E-state index is 11.6. The summed E-state index contributed by atoms with van der Waals surface area (Å²) in [6.45, 7) is 1.33. The Morgan fingerprint density at radius 2 is 1.63 bits per heavy atom. The van der Waals surface area contributed by atoms with Crippen LogP contribution in [0.25, 0.3) is 0 Å². The van der Waals surface area contributed by atoms with Gasteiger partial charge in [-0.15, -0.1) is 0 Å². The van der Waals surface area contributed by atoms with Gasteiger partial charge in [0.1, 0.15) is 0 Å². The largest absolute Gasteiger partial charge is 0.356 e. The molecule has 1 aliphatic heterocycles. The van der Waals surface area contributed by atoms with Gasteiger partial charge >= 0.3 is 0 Å². The fourth-order valence-electron chi connectivity index (χ4n) is 3.49. The molecule has 1 fully saturated rings. The molecule has 6 heteroatoms. The minimum absolute atomic E-state index is 0.160. The van der Waals surface area contributed by atoms with Crippen molar-refractivity contribution in [3.63, 3.8) is 0 Å². The van der Waals surface area contributed by atoms with E-state index in [0.29, 0.717) is 24.8 Å². The van der Waals surface area contributed by atoms with Gasteiger partial charge in [0, 0.05) is 26.1 Å².